The molecule has 0 spiro atoms. The van der Waals surface area contributed by atoms with Gasteiger partial charge < -0.3 is 38.8 Å². The Labute approximate surface area is 394 Å². The number of piperidine rings is 1. The molecule has 4 fully saturated rings. The highest BCUT2D eigenvalue weighted by molar-refractivity contribution is 7.15. The van der Waals surface area contributed by atoms with E-state index in [1.807, 2.05) is 48.2 Å². The van der Waals surface area contributed by atoms with Crippen molar-refractivity contribution in [3.63, 3.8) is 0 Å². The van der Waals surface area contributed by atoms with Gasteiger partial charge in [0.05, 0.1) is 54.3 Å². The number of ether oxygens (including phenoxy) is 4. The maximum atomic E-state index is 14.2. The van der Waals surface area contributed by atoms with Gasteiger partial charge in [0.2, 0.25) is 11.8 Å². The Morgan fingerprint density at radius 1 is 0.939 bits per heavy atom. The molecule has 1 aromatic carbocycles. The molecule has 5 aromatic heterocycles. The van der Waals surface area contributed by atoms with Crippen LogP contribution >= 0.6 is 34.5 Å². The minimum atomic E-state index is -0.672. The summed E-state index contributed by atoms with van der Waals surface area (Å²) in [4.78, 5) is 44.9. The molecular formula is C46H49Cl2N11O6S. The standard InChI is InChI=1S/C46H49Cl2N11O6S/c1-23-24(2)66-45-37(23)38(26-5-7-27(47)8-6-26)49-32(43-55-54-25(3)59(43)45)20-36(61)58-13-11-28(12-14-58)56-15-17-57(18-16-56)35-10-9-29(44(51-35)62-4)39-30(48)19-31-42(52-39)53-46(50-31)65-34-22-64-40-33(60)21-63-41(34)40/h5-10,19,28,32-34,40-41,60H,11-18,20-22H2,1-4H3,(H,50,52,53)/t32-,33+,34+,40+,41+/m0/s1. The number of thiophene rings is 1. The first-order valence-electron chi connectivity index (χ1n) is 22.3. The fourth-order valence-corrected chi connectivity index (χ4v) is 11.6. The second kappa shape index (κ2) is 17.5. The van der Waals surface area contributed by atoms with Gasteiger partial charge in [-0.15, -0.1) is 21.5 Å². The lowest BCUT2D eigenvalue weighted by Crippen LogP contribution is -2.54. The zero-order valence-electron chi connectivity index (χ0n) is 36.9. The number of aliphatic imine (C=N–C) groups is 1. The number of methoxy groups -OCH3 is 1. The fourth-order valence-electron chi connectivity index (χ4n) is 10.00. The van der Waals surface area contributed by atoms with E-state index in [2.05, 4.69) is 48.4 Å². The van der Waals surface area contributed by atoms with Crippen LogP contribution in [0.15, 0.2) is 47.5 Å². The van der Waals surface area contributed by atoms with Crippen LogP contribution in [-0.4, -0.2) is 151 Å². The van der Waals surface area contributed by atoms with Gasteiger partial charge in [0.15, 0.2) is 17.6 Å². The van der Waals surface area contributed by atoms with Gasteiger partial charge in [0.1, 0.15) is 41.0 Å². The Balaban J connectivity index is 0.724. The molecule has 0 unspecified atom stereocenters. The van der Waals surface area contributed by atoms with Crippen LogP contribution < -0.4 is 14.4 Å². The van der Waals surface area contributed by atoms with Crippen molar-refractivity contribution in [2.75, 3.05) is 64.5 Å². The number of benzene rings is 1. The number of hydrogen-bond acceptors (Lipinski definition) is 15. The third-order valence-corrected chi connectivity index (χ3v) is 15.4. The Hall–Kier alpha value is -5.21. The van der Waals surface area contributed by atoms with Crippen molar-refractivity contribution in [1.29, 1.82) is 0 Å². The average Bonchev–Trinajstić information content (AvgIpc) is 4.15. The lowest BCUT2D eigenvalue weighted by Gasteiger charge is -2.43. The molecule has 5 aliphatic heterocycles. The van der Waals surface area contributed by atoms with Gasteiger partial charge in [-0.1, -0.05) is 35.3 Å². The van der Waals surface area contributed by atoms with Gasteiger partial charge >= 0.3 is 0 Å². The van der Waals surface area contributed by atoms with E-state index in [1.54, 1.807) is 24.5 Å². The van der Waals surface area contributed by atoms with Crippen molar-refractivity contribution in [2.45, 2.75) is 76.5 Å². The molecule has 344 valence electrons. The predicted octanol–water partition coefficient (Wildman–Crippen LogP) is 5.90. The van der Waals surface area contributed by atoms with Crippen LogP contribution in [-0.2, 0) is 14.3 Å². The summed E-state index contributed by atoms with van der Waals surface area (Å²) < 4.78 is 25.4. The molecule has 6 aromatic rings. The number of amides is 1. The third-order valence-electron chi connectivity index (χ3n) is 13.6. The number of aliphatic hydroxyl groups excluding tert-OH is 1. The predicted molar refractivity (Wildman–Crippen MR) is 250 cm³/mol. The van der Waals surface area contributed by atoms with E-state index in [-0.39, 0.29) is 37.7 Å². The molecule has 0 saturated carbocycles. The number of fused-ring (bicyclic) bond motifs is 5. The highest BCUT2D eigenvalue weighted by Gasteiger charge is 2.49. The van der Waals surface area contributed by atoms with Crippen molar-refractivity contribution in [3.8, 4) is 28.1 Å². The number of imidazole rings is 1. The third kappa shape index (κ3) is 7.79. The lowest BCUT2D eigenvalue weighted by atomic mass is 9.99. The van der Waals surface area contributed by atoms with E-state index in [9.17, 15) is 9.90 Å². The maximum Gasteiger partial charge on any atom is 0.296 e. The number of pyridine rings is 2. The molecule has 0 bridgehead atoms. The number of anilines is 1. The Bertz CT molecular complexity index is 2850. The van der Waals surface area contributed by atoms with Crippen molar-refractivity contribution >= 4 is 63.1 Å². The second-order valence-corrected chi connectivity index (χ2v) is 19.6. The second-order valence-electron chi connectivity index (χ2n) is 17.5. The number of H-pyrrole nitrogens is 1. The fraction of sp³-hybridized carbons (Fsp3) is 0.457. The summed E-state index contributed by atoms with van der Waals surface area (Å²) in [6.45, 7) is 11.4. The Morgan fingerprint density at radius 3 is 2.48 bits per heavy atom. The molecule has 2 N–H and O–H groups in total. The number of aromatic nitrogens is 7. The molecule has 10 heterocycles. The highest BCUT2D eigenvalue weighted by atomic mass is 35.5. The van der Waals surface area contributed by atoms with Crippen molar-refractivity contribution < 1.29 is 28.8 Å². The van der Waals surface area contributed by atoms with Gasteiger partial charge in [0, 0.05) is 66.3 Å². The van der Waals surface area contributed by atoms with Gasteiger partial charge in [-0.05, 0) is 69.5 Å². The molecule has 5 atom stereocenters. The van der Waals surface area contributed by atoms with Crippen LogP contribution in [0.2, 0.25) is 10.0 Å². The molecule has 66 heavy (non-hydrogen) atoms. The zero-order valence-corrected chi connectivity index (χ0v) is 39.2. The minimum absolute atomic E-state index is 0.0743. The maximum absolute atomic E-state index is 14.2. The molecule has 0 aliphatic carbocycles. The molecular weight excluding hydrogens is 906 g/mol. The minimum Gasteiger partial charge on any atom is -0.480 e. The molecule has 1 amide bonds. The number of rotatable bonds is 9. The van der Waals surface area contributed by atoms with Gasteiger partial charge in [-0.25, -0.2) is 4.98 Å². The number of aliphatic hydroxyl groups is 1. The van der Waals surface area contributed by atoms with Crippen LogP contribution in [0.4, 0.5) is 5.82 Å². The summed E-state index contributed by atoms with van der Waals surface area (Å²) in [6.07, 6.45) is 0.134. The molecule has 5 aliphatic rings. The number of aryl methyl sites for hydroxylation is 2. The first-order valence-corrected chi connectivity index (χ1v) is 23.9. The highest BCUT2D eigenvalue weighted by Crippen LogP contribution is 2.41. The van der Waals surface area contributed by atoms with Crippen LogP contribution in [0, 0.1) is 20.8 Å². The number of likely N-dealkylation sites (tertiary alicyclic amines) is 1. The van der Waals surface area contributed by atoms with Crippen molar-refractivity contribution in [1.82, 2.24) is 44.5 Å². The summed E-state index contributed by atoms with van der Waals surface area (Å²) >= 11 is 14.8. The largest absolute Gasteiger partial charge is 0.480 e. The average molecular weight is 955 g/mol. The number of carbonyl (C=O) groups excluding carboxylic acids is 1. The van der Waals surface area contributed by atoms with Gasteiger partial charge in [0.25, 0.3) is 6.01 Å². The Kier molecular flexibility index (Phi) is 11.5. The molecule has 4 saturated heterocycles. The number of aromatic amines is 1. The number of piperazine rings is 1. The van der Waals surface area contributed by atoms with E-state index in [0.717, 1.165) is 78.1 Å². The van der Waals surface area contributed by atoms with Gasteiger partial charge in [-0.2, -0.15) is 9.97 Å². The molecule has 17 nitrogen and oxygen atoms in total. The molecule has 0 radical (unpaired) electrons. The van der Waals surface area contributed by atoms with Crippen molar-refractivity contribution in [3.05, 3.63) is 85.7 Å². The molecule has 11 rings (SSSR count). The first kappa shape index (κ1) is 43.4. The van der Waals surface area contributed by atoms with E-state index in [0.29, 0.717) is 63.3 Å². The topological polar surface area (TPSA) is 181 Å². The SMILES string of the molecule is COc1nc(N2CCN(C3CCN(C(=O)C[C@@H]4N=C(c5ccc(Cl)cc5)c5c(sc(C)c5C)-n5c(C)nnc54)CC3)CC2)ccc1-c1nc2nc(O[C@@H]3CO[C@H]4[C@@H]3OC[C@H]4O)[nH]c2cc1Cl. The number of hydrogen-bond donors (Lipinski definition) is 2. The van der Waals surface area contributed by atoms with Gasteiger partial charge in [-0.3, -0.25) is 19.3 Å². The first-order chi connectivity index (χ1) is 32.0. The lowest BCUT2D eigenvalue weighted by molar-refractivity contribution is -0.133. The van der Waals surface area contributed by atoms with E-state index < -0.39 is 24.4 Å². The number of nitrogens with zero attached hydrogens (tertiary/aromatic N) is 10. The summed E-state index contributed by atoms with van der Waals surface area (Å²) in [5.74, 6) is 2.76. The number of nitrogens with one attached hydrogen (secondary N) is 1. The summed E-state index contributed by atoms with van der Waals surface area (Å²) in [7, 11) is 1.59. The normalized spacial score (nSPS) is 23.4. The van der Waals surface area contributed by atoms with E-state index in [4.69, 9.17) is 57.1 Å². The Morgan fingerprint density at radius 2 is 1.71 bits per heavy atom. The smallest absolute Gasteiger partial charge is 0.296 e. The summed E-state index contributed by atoms with van der Waals surface area (Å²) in [5.41, 5.74) is 6.18. The summed E-state index contributed by atoms with van der Waals surface area (Å²) in [5, 5.41) is 21.3. The van der Waals surface area contributed by atoms with Crippen LogP contribution in [0.5, 0.6) is 11.9 Å². The quantitative estimate of drug-likeness (QED) is 0.175. The zero-order chi connectivity index (χ0) is 45.4. The molecule has 20 heteroatoms. The summed E-state index contributed by atoms with van der Waals surface area (Å²) in [6, 6.07) is 13.6. The van der Waals surface area contributed by atoms with Crippen LogP contribution in [0.1, 0.15) is 58.5 Å². The number of halogens is 2. The monoisotopic (exact) mass is 953 g/mol. The van der Waals surface area contributed by atoms with E-state index >= 15 is 0 Å². The van der Waals surface area contributed by atoms with Crippen LogP contribution in [0.25, 0.3) is 27.4 Å². The van der Waals surface area contributed by atoms with E-state index in [1.165, 1.54) is 4.88 Å². The van der Waals surface area contributed by atoms with Crippen LogP contribution in [0.3, 0.4) is 0 Å². The van der Waals surface area contributed by atoms with Crippen molar-refractivity contribution in [2.24, 2.45) is 4.99 Å². The number of carbonyl (C=O) groups is 1.